The minimum absolute atomic E-state index is 0.102. The van der Waals surface area contributed by atoms with Crippen LogP contribution < -0.4 is 5.30 Å². The van der Waals surface area contributed by atoms with Gasteiger partial charge in [-0.25, -0.2) is 0 Å². The van der Waals surface area contributed by atoms with Gasteiger partial charge in [0, 0.05) is 6.42 Å². The Morgan fingerprint density at radius 3 is 2.47 bits per heavy atom. The minimum Gasteiger partial charge on any atom is -0.198 e. The lowest BCUT2D eigenvalue weighted by Gasteiger charge is -2.30. The van der Waals surface area contributed by atoms with Crippen LogP contribution in [0.3, 0.4) is 0 Å². The summed E-state index contributed by atoms with van der Waals surface area (Å²) in [6, 6.07) is 13.2. The molecule has 2 heteroatoms. The molecule has 0 heterocycles. The van der Waals surface area contributed by atoms with Crippen LogP contribution in [-0.4, -0.2) is 11.8 Å². The number of hydrogen-bond acceptors (Lipinski definition) is 1. The molecule has 1 saturated carbocycles. The molecule has 1 fully saturated rings. The van der Waals surface area contributed by atoms with Crippen LogP contribution in [0, 0.1) is 11.3 Å². The molecule has 1 aromatic carbocycles. The summed E-state index contributed by atoms with van der Waals surface area (Å²) in [5, 5.41) is 10.3. The molecule has 90 valence electrons. The molecule has 1 aliphatic rings. The Bertz CT molecular complexity index is 362. The molecule has 0 amide bonds. The molecule has 0 spiro atoms. The maximum Gasteiger partial charge on any atom is 0.0625 e. The zero-order valence-electron chi connectivity index (χ0n) is 10.3. The first-order chi connectivity index (χ1) is 8.42. The lowest BCUT2D eigenvalue weighted by Crippen LogP contribution is -2.18. The highest BCUT2D eigenvalue weighted by Crippen LogP contribution is 2.47. The molecule has 1 aliphatic carbocycles. The minimum atomic E-state index is -0.102. The van der Waals surface area contributed by atoms with E-state index >= 15 is 0 Å². The van der Waals surface area contributed by atoms with Crippen LogP contribution in [-0.2, 0) is 0 Å². The number of benzene rings is 1. The number of nitrogens with zero attached hydrogens (tertiary/aromatic N) is 1. The summed E-state index contributed by atoms with van der Waals surface area (Å²) < 4.78 is 0. The van der Waals surface area contributed by atoms with Gasteiger partial charge in [-0.15, -0.1) is 0 Å². The molecule has 1 atom stereocenters. The van der Waals surface area contributed by atoms with Crippen molar-refractivity contribution in [2.24, 2.45) is 0 Å². The van der Waals surface area contributed by atoms with Gasteiger partial charge >= 0.3 is 0 Å². The Morgan fingerprint density at radius 2 is 1.82 bits per heavy atom. The van der Waals surface area contributed by atoms with E-state index in [-0.39, 0.29) is 7.92 Å². The highest BCUT2D eigenvalue weighted by atomic mass is 31.1. The zero-order valence-corrected chi connectivity index (χ0v) is 11.2. The Kier molecular flexibility index (Phi) is 5.02. The molecule has 2 rings (SSSR count). The largest absolute Gasteiger partial charge is 0.198 e. The lowest BCUT2D eigenvalue weighted by atomic mass is 10.0. The van der Waals surface area contributed by atoms with Crippen LogP contribution in [0.2, 0.25) is 0 Å². The van der Waals surface area contributed by atoms with Gasteiger partial charge in [0.2, 0.25) is 0 Å². The third kappa shape index (κ3) is 3.55. The lowest BCUT2D eigenvalue weighted by molar-refractivity contribution is 0.511. The van der Waals surface area contributed by atoms with Crippen molar-refractivity contribution in [2.45, 2.75) is 44.2 Å². The molecule has 1 unspecified atom stereocenters. The normalized spacial score (nSPS) is 18.5. The summed E-state index contributed by atoms with van der Waals surface area (Å²) in [6.07, 6.45) is 8.77. The molecule has 1 aromatic rings. The van der Waals surface area contributed by atoms with Crippen LogP contribution in [0.1, 0.15) is 38.5 Å². The quantitative estimate of drug-likeness (QED) is 0.734. The Morgan fingerprint density at radius 1 is 1.12 bits per heavy atom. The second-order valence-corrected chi connectivity index (χ2v) is 7.36. The summed E-state index contributed by atoms with van der Waals surface area (Å²) in [7, 11) is -0.102. The molecule has 0 radical (unpaired) electrons. The summed E-state index contributed by atoms with van der Waals surface area (Å²) in [6.45, 7) is 0. The summed E-state index contributed by atoms with van der Waals surface area (Å²) in [5.74, 6) is 0. The third-order valence-corrected chi connectivity index (χ3v) is 6.63. The zero-order chi connectivity index (χ0) is 11.9. The monoisotopic (exact) mass is 245 g/mol. The fourth-order valence-corrected chi connectivity index (χ4v) is 5.63. The van der Waals surface area contributed by atoms with Crippen molar-refractivity contribution < 1.29 is 0 Å². The Labute approximate surface area is 106 Å². The average molecular weight is 245 g/mol. The second kappa shape index (κ2) is 6.77. The van der Waals surface area contributed by atoms with E-state index in [1.807, 2.05) is 0 Å². The predicted molar refractivity (Wildman–Crippen MR) is 75.0 cm³/mol. The van der Waals surface area contributed by atoms with E-state index in [0.717, 1.165) is 18.2 Å². The molecular formula is C15H20NP. The van der Waals surface area contributed by atoms with E-state index in [1.54, 1.807) is 0 Å². The number of rotatable bonds is 4. The van der Waals surface area contributed by atoms with Crippen LogP contribution in [0.15, 0.2) is 30.3 Å². The maximum atomic E-state index is 8.82. The molecule has 17 heavy (non-hydrogen) atoms. The van der Waals surface area contributed by atoms with Crippen LogP contribution in [0.4, 0.5) is 0 Å². The van der Waals surface area contributed by atoms with Crippen LogP contribution in [0.25, 0.3) is 0 Å². The van der Waals surface area contributed by atoms with Gasteiger partial charge in [-0.3, -0.25) is 0 Å². The van der Waals surface area contributed by atoms with E-state index in [9.17, 15) is 0 Å². The van der Waals surface area contributed by atoms with Crippen molar-refractivity contribution in [1.82, 2.24) is 0 Å². The van der Waals surface area contributed by atoms with E-state index in [1.165, 1.54) is 37.4 Å². The van der Waals surface area contributed by atoms with Crippen molar-refractivity contribution in [3.8, 4) is 6.07 Å². The third-order valence-electron chi connectivity index (χ3n) is 3.57. The molecule has 0 saturated heterocycles. The maximum absolute atomic E-state index is 8.82. The van der Waals surface area contributed by atoms with Crippen molar-refractivity contribution in [3.05, 3.63) is 30.3 Å². The van der Waals surface area contributed by atoms with E-state index < -0.39 is 0 Å². The molecule has 0 N–H and O–H groups in total. The van der Waals surface area contributed by atoms with Crippen molar-refractivity contribution in [3.63, 3.8) is 0 Å². The number of nitriles is 1. The highest BCUT2D eigenvalue weighted by Gasteiger charge is 2.23. The smallest absolute Gasteiger partial charge is 0.0625 e. The highest BCUT2D eigenvalue weighted by molar-refractivity contribution is 7.66. The SMILES string of the molecule is N#CCCP(c1ccccc1)C1CCCCC1. The molecule has 0 aliphatic heterocycles. The van der Waals surface area contributed by atoms with Gasteiger partial charge in [0.1, 0.15) is 0 Å². The van der Waals surface area contributed by atoms with Crippen molar-refractivity contribution >= 4 is 13.2 Å². The van der Waals surface area contributed by atoms with E-state index in [4.69, 9.17) is 5.26 Å². The predicted octanol–water partition coefficient (Wildman–Crippen LogP) is 4.04. The number of hydrogen-bond donors (Lipinski definition) is 0. The standard InChI is InChI=1S/C15H20NP/c16-12-7-13-17(14-8-3-1-4-9-14)15-10-5-2-6-11-15/h1,3-4,8-9,15H,2,5-7,10-11,13H2. The van der Waals surface area contributed by atoms with Crippen LogP contribution in [0.5, 0.6) is 0 Å². The van der Waals surface area contributed by atoms with Crippen molar-refractivity contribution in [1.29, 1.82) is 5.26 Å². The Balaban J connectivity index is 2.10. The first-order valence-electron chi connectivity index (χ1n) is 6.60. The van der Waals surface area contributed by atoms with Gasteiger partial charge in [0.25, 0.3) is 0 Å². The van der Waals surface area contributed by atoms with Gasteiger partial charge in [-0.2, -0.15) is 5.26 Å². The summed E-state index contributed by atoms with van der Waals surface area (Å²) in [5.41, 5.74) is 0.870. The van der Waals surface area contributed by atoms with Gasteiger partial charge < -0.3 is 0 Å². The van der Waals surface area contributed by atoms with Gasteiger partial charge in [0.15, 0.2) is 0 Å². The average Bonchev–Trinajstić information content (AvgIpc) is 2.42. The topological polar surface area (TPSA) is 23.8 Å². The summed E-state index contributed by atoms with van der Waals surface area (Å²) in [4.78, 5) is 0. The molecule has 0 bridgehead atoms. The first-order valence-corrected chi connectivity index (χ1v) is 8.20. The fourth-order valence-electron chi connectivity index (χ4n) is 2.71. The van der Waals surface area contributed by atoms with E-state index in [0.29, 0.717) is 0 Å². The molecule has 1 nitrogen and oxygen atoms in total. The van der Waals surface area contributed by atoms with Gasteiger partial charge in [-0.1, -0.05) is 57.5 Å². The van der Waals surface area contributed by atoms with E-state index in [2.05, 4.69) is 36.4 Å². The molecule has 0 aromatic heterocycles. The Hall–Kier alpha value is -0.860. The molecular weight excluding hydrogens is 225 g/mol. The van der Waals surface area contributed by atoms with Crippen LogP contribution >= 0.6 is 7.92 Å². The fraction of sp³-hybridized carbons (Fsp3) is 0.533. The van der Waals surface area contributed by atoms with Gasteiger partial charge in [0.05, 0.1) is 6.07 Å². The van der Waals surface area contributed by atoms with Gasteiger partial charge in [-0.05, 0) is 30.0 Å². The summed E-state index contributed by atoms with van der Waals surface area (Å²) >= 11 is 0. The second-order valence-electron chi connectivity index (χ2n) is 4.73. The first kappa shape index (κ1) is 12.6. The van der Waals surface area contributed by atoms with Crippen molar-refractivity contribution in [2.75, 3.05) is 6.16 Å².